The molecule has 1 heterocycles. The molecule has 2 N–H and O–H groups in total. The van der Waals surface area contributed by atoms with Crippen LogP contribution < -0.4 is 5.32 Å². The lowest BCUT2D eigenvalue weighted by Gasteiger charge is -2.32. The molecule has 2 atom stereocenters. The van der Waals surface area contributed by atoms with Crippen molar-refractivity contribution in [3.8, 4) is 0 Å². The molecule has 0 aromatic carbocycles. The molecule has 0 aromatic rings. The number of nitrogens with one attached hydrogen (secondary N) is 1. The van der Waals surface area contributed by atoms with Gasteiger partial charge in [-0.25, -0.2) is 0 Å². The zero-order valence-electron chi connectivity index (χ0n) is 8.95. The Morgan fingerprint density at radius 3 is 2.86 bits per heavy atom. The van der Waals surface area contributed by atoms with Crippen molar-refractivity contribution in [1.82, 2.24) is 5.32 Å². The molecule has 0 amide bonds. The second-order valence-electron chi connectivity index (χ2n) is 3.95. The van der Waals surface area contributed by atoms with Crippen LogP contribution in [-0.4, -0.2) is 23.3 Å². The van der Waals surface area contributed by atoms with E-state index in [1.807, 2.05) is 0 Å². The zero-order chi connectivity index (χ0) is 10.7. The van der Waals surface area contributed by atoms with Gasteiger partial charge in [-0.05, 0) is 33.2 Å². The Kier molecular flexibility index (Phi) is 4.14. The molecule has 2 unspecified atom stereocenters. The second kappa shape index (κ2) is 4.75. The summed E-state index contributed by atoms with van der Waals surface area (Å²) in [7, 11) is -3.52. The Labute approximate surface area is 85.6 Å². The van der Waals surface area contributed by atoms with Crippen LogP contribution >= 0.6 is 7.60 Å². The highest BCUT2D eigenvalue weighted by Gasteiger charge is 2.44. The van der Waals surface area contributed by atoms with Gasteiger partial charge in [0.05, 0.1) is 6.61 Å². The molecule has 1 fully saturated rings. The molecule has 0 aromatic heterocycles. The molecule has 0 spiro atoms. The van der Waals surface area contributed by atoms with Crippen LogP contribution in [0, 0.1) is 0 Å². The summed E-state index contributed by atoms with van der Waals surface area (Å²) in [6, 6.07) is 0. The van der Waals surface area contributed by atoms with E-state index in [1.165, 1.54) is 0 Å². The maximum atomic E-state index is 11.9. The predicted octanol–water partition coefficient (Wildman–Crippen LogP) is 2.09. The summed E-state index contributed by atoms with van der Waals surface area (Å²) in [5.41, 5.74) is 0. The molecule has 1 aliphatic rings. The number of rotatable bonds is 3. The molecule has 0 aliphatic carbocycles. The number of hydrogen-bond donors (Lipinski definition) is 2. The first-order chi connectivity index (χ1) is 6.52. The minimum Gasteiger partial charge on any atom is -0.323 e. The Bertz CT molecular complexity index is 224. The Balaban J connectivity index is 2.74. The Hall–Kier alpha value is 0.110. The molecule has 1 saturated heterocycles. The van der Waals surface area contributed by atoms with Crippen molar-refractivity contribution in [2.75, 3.05) is 13.2 Å². The van der Waals surface area contributed by atoms with E-state index in [9.17, 15) is 9.46 Å². The third-order valence-electron chi connectivity index (χ3n) is 2.77. The van der Waals surface area contributed by atoms with Crippen LogP contribution in [0.3, 0.4) is 0 Å². The van der Waals surface area contributed by atoms with Crippen molar-refractivity contribution in [3.05, 3.63) is 0 Å². The molecule has 0 bridgehead atoms. The van der Waals surface area contributed by atoms with Crippen molar-refractivity contribution < 1.29 is 14.0 Å². The highest BCUT2D eigenvalue weighted by molar-refractivity contribution is 7.54. The van der Waals surface area contributed by atoms with Crippen molar-refractivity contribution in [2.45, 2.75) is 44.8 Å². The van der Waals surface area contributed by atoms with Gasteiger partial charge in [-0.2, -0.15) is 0 Å². The molecule has 0 radical (unpaired) electrons. The van der Waals surface area contributed by atoms with Gasteiger partial charge in [0.25, 0.3) is 0 Å². The normalized spacial score (nSPS) is 33.4. The van der Waals surface area contributed by atoms with Crippen molar-refractivity contribution in [3.63, 3.8) is 0 Å². The summed E-state index contributed by atoms with van der Waals surface area (Å²) >= 11 is 0. The first-order valence-corrected chi connectivity index (χ1v) is 6.82. The summed E-state index contributed by atoms with van der Waals surface area (Å²) in [5.74, 6) is 0. The number of hydrogen-bond acceptors (Lipinski definition) is 3. The maximum Gasteiger partial charge on any atom is 0.347 e. The van der Waals surface area contributed by atoms with Gasteiger partial charge in [-0.3, -0.25) is 4.57 Å². The van der Waals surface area contributed by atoms with Gasteiger partial charge in [-0.15, -0.1) is 0 Å². The third-order valence-corrected chi connectivity index (χ3v) is 5.01. The Morgan fingerprint density at radius 2 is 2.21 bits per heavy atom. The lowest BCUT2D eigenvalue weighted by molar-refractivity contribution is 0.233. The van der Waals surface area contributed by atoms with Crippen LogP contribution in [0.5, 0.6) is 0 Å². The Morgan fingerprint density at radius 1 is 1.50 bits per heavy atom. The van der Waals surface area contributed by atoms with Crippen molar-refractivity contribution in [2.24, 2.45) is 0 Å². The maximum absolute atomic E-state index is 11.9. The first kappa shape index (κ1) is 12.2. The molecule has 84 valence electrons. The van der Waals surface area contributed by atoms with Crippen LogP contribution in [0.15, 0.2) is 0 Å². The van der Waals surface area contributed by atoms with E-state index >= 15 is 0 Å². The fraction of sp³-hybridized carbons (Fsp3) is 1.00. The first-order valence-electron chi connectivity index (χ1n) is 5.24. The summed E-state index contributed by atoms with van der Waals surface area (Å²) < 4.78 is 16.9. The van der Waals surface area contributed by atoms with Gasteiger partial charge in [-0.1, -0.05) is 12.8 Å². The van der Waals surface area contributed by atoms with Crippen LogP contribution in [0.25, 0.3) is 0 Å². The van der Waals surface area contributed by atoms with E-state index < -0.39 is 12.9 Å². The highest BCUT2D eigenvalue weighted by atomic mass is 31.2. The fourth-order valence-corrected chi connectivity index (χ4v) is 3.16. The van der Waals surface area contributed by atoms with Gasteiger partial charge < -0.3 is 14.7 Å². The average molecular weight is 221 g/mol. The van der Waals surface area contributed by atoms with Crippen LogP contribution in [-0.2, 0) is 9.09 Å². The largest absolute Gasteiger partial charge is 0.347 e. The average Bonchev–Trinajstić information content (AvgIpc) is 2.31. The molecule has 14 heavy (non-hydrogen) atoms. The van der Waals surface area contributed by atoms with Gasteiger partial charge in [0.2, 0.25) is 0 Å². The summed E-state index contributed by atoms with van der Waals surface area (Å²) in [4.78, 5) is 9.79. The van der Waals surface area contributed by atoms with E-state index in [2.05, 4.69) is 5.32 Å². The SMILES string of the molecule is CCOP(=O)(O)C1(C)CCCCCN1. The van der Waals surface area contributed by atoms with Gasteiger partial charge >= 0.3 is 7.60 Å². The van der Waals surface area contributed by atoms with Gasteiger partial charge in [0.1, 0.15) is 5.28 Å². The minimum absolute atomic E-state index is 0.283. The molecule has 4 nitrogen and oxygen atoms in total. The monoisotopic (exact) mass is 221 g/mol. The predicted molar refractivity (Wildman–Crippen MR) is 56.3 cm³/mol. The van der Waals surface area contributed by atoms with E-state index in [1.54, 1.807) is 13.8 Å². The van der Waals surface area contributed by atoms with Crippen LogP contribution in [0.1, 0.15) is 39.5 Å². The van der Waals surface area contributed by atoms with E-state index in [4.69, 9.17) is 4.52 Å². The van der Waals surface area contributed by atoms with Gasteiger partial charge in [0, 0.05) is 0 Å². The summed E-state index contributed by atoms with van der Waals surface area (Å²) in [5, 5.41) is 2.39. The molecule has 1 rings (SSSR count). The third kappa shape index (κ3) is 2.57. The second-order valence-corrected chi connectivity index (χ2v) is 6.24. The van der Waals surface area contributed by atoms with Gasteiger partial charge in [0.15, 0.2) is 0 Å². The van der Waals surface area contributed by atoms with Crippen LogP contribution in [0.2, 0.25) is 0 Å². The fourth-order valence-electron chi connectivity index (χ4n) is 1.78. The van der Waals surface area contributed by atoms with E-state index in [0.717, 1.165) is 25.8 Å². The minimum atomic E-state index is -3.52. The molecular weight excluding hydrogens is 201 g/mol. The molecule has 5 heteroatoms. The van der Waals surface area contributed by atoms with Crippen molar-refractivity contribution in [1.29, 1.82) is 0 Å². The molecular formula is C9H20NO3P. The topological polar surface area (TPSA) is 58.6 Å². The van der Waals surface area contributed by atoms with Crippen LogP contribution in [0.4, 0.5) is 0 Å². The smallest absolute Gasteiger partial charge is 0.323 e. The highest BCUT2D eigenvalue weighted by Crippen LogP contribution is 2.56. The van der Waals surface area contributed by atoms with Crippen molar-refractivity contribution >= 4 is 7.60 Å². The quantitative estimate of drug-likeness (QED) is 0.716. The lowest BCUT2D eigenvalue weighted by Crippen LogP contribution is -2.41. The zero-order valence-corrected chi connectivity index (χ0v) is 9.85. The standard InChI is InChI=1S/C9H20NO3P/c1-3-13-14(11,12)9(2)7-5-4-6-8-10-9/h10H,3-8H2,1-2H3,(H,11,12). The van der Waals surface area contributed by atoms with E-state index in [0.29, 0.717) is 6.42 Å². The molecule has 1 aliphatic heterocycles. The summed E-state index contributed by atoms with van der Waals surface area (Å²) in [6.07, 6.45) is 3.89. The molecule has 0 saturated carbocycles. The van der Waals surface area contributed by atoms with E-state index in [-0.39, 0.29) is 6.61 Å². The summed E-state index contributed by atoms with van der Waals surface area (Å²) in [6.45, 7) is 4.61. The lowest BCUT2D eigenvalue weighted by atomic mass is 10.1.